The summed E-state index contributed by atoms with van der Waals surface area (Å²) in [5.41, 5.74) is 0.427. The third kappa shape index (κ3) is 4.30. The topological polar surface area (TPSA) is 66.5 Å². The maximum Gasteiger partial charge on any atom is 0.253 e. The molecule has 0 aliphatic heterocycles. The Bertz CT molecular complexity index is 624. The molecule has 1 aliphatic rings. The summed E-state index contributed by atoms with van der Waals surface area (Å²) in [5.74, 6) is -0.112. The van der Waals surface area contributed by atoms with Gasteiger partial charge in [0.05, 0.1) is 4.90 Å². The van der Waals surface area contributed by atoms with Gasteiger partial charge in [0.25, 0.3) is 5.91 Å². The first kappa shape index (κ1) is 17.0. The van der Waals surface area contributed by atoms with E-state index in [9.17, 15) is 13.2 Å². The zero-order chi connectivity index (χ0) is 16.2. The molecule has 1 N–H and O–H groups in total. The lowest BCUT2D eigenvalue weighted by molar-refractivity contribution is 0.0762. The quantitative estimate of drug-likeness (QED) is 0.798. The first-order valence-corrected chi connectivity index (χ1v) is 9.38. The monoisotopic (exact) mass is 324 g/mol. The highest BCUT2D eigenvalue weighted by atomic mass is 32.2. The standard InChI is InChI=1S/C16H24N2O3S/c1-3-5-11-18(4-2)16(19)13-7-6-8-15(12-13)22(20,21)17-14-9-10-14/h6-8,12,14,17H,3-5,9-11H2,1-2H3. The molecule has 0 spiro atoms. The van der Waals surface area contributed by atoms with Crippen molar-refractivity contribution in [3.05, 3.63) is 29.8 Å². The first-order chi connectivity index (χ1) is 10.5. The van der Waals surface area contributed by atoms with Gasteiger partial charge in [-0.1, -0.05) is 19.4 Å². The van der Waals surface area contributed by atoms with Crippen LogP contribution in [0, 0.1) is 0 Å². The smallest absolute Gasteiger partial charge is 0.253 e. The molecule has 5 nitrogen and oxygen atoms in total. The summed E-state index contributed by atoms with van der Waals surface area (Å²) in [6.45, 7) is 5.33. The summed E-state index contributed by atoms with van der Waals surface area (Å²) in [7, 11) is -3.52. The second-order valence-corrected chi connectivity index (χ2v) is 7.38. The zero-order valence-electron chi connectivity index (χ0n) is 13.2. The molecular weight excluding hydrogens is 300 g/mol. The highest BCUT2D eigenvalue weighted by molar-refractivity contribution is 7.89. The molecule has 1 aliphatic carbocycles. The maximum absolute atomic E-state index is 12.5. The van der Waals surface area contributed by atoms with Crippen LogP contribution in [0.3, 0.4) is 0 Å². The molecule has 1 amide bonds. The minimum atomic E-state index is -3.52. The molecule has 0 radical (unpaired) electrons. The van der Waals surface area contributed by atoms with Crippen LogP contribution in [-0.2, 0) is 10.0 Å². The number of unbranched alkanes of at least 4 members (excludes halogenated alkanes) is 1. The minimum Gasteiger partial charge on any atom is -0.339 e. The number of sulfonamides is 1. The summed E-state index contributed by atoms with van der Waals surface area (Å²) in [5, 5.41) is 0. The Hall–Kier alpha value is -1.40. The van der Waals surface area contributed by atoms with Crippen molar-refractivity contribution in [3.63, 3.8) is 0 Å². The molecule has 1 aromatic carbocycles. The largest absolute Gasteiger partial charge is 0.339 e. The molecule has 0 aromatic heterocycles. The van der Waals surface area contributed by atoms with E-state index in [0.29, 0.717) is 18.7 Å². The SMILES string of the molecule is CCCCN(CC)C(=O)c1cccc(S(=O)(=O)NC2CC2)c1. The predicted octanol–water partition coefficient (Wildman–Crippen LogP) is 2.39. The van der Waals surface area contributed by atoms with E-state index in [4.69, 9.17) is 0 Å². The fourth-order valence-electron chi connectivity index (χ4n) is 2.22. The van der Waals surface area contributed by atoms with Crippen LogP contribution in [0.5, 0.6) is 0 Å². The summed E-state index contributed by atoms with van der Waals surface area (Å²) in [4.78, 5) is 14.4. The van der Waals surface area contributed by atoms with E-state index in [-0.39, 0.29) is 16.8 Å². The van der Waals surface area contributed by atoms with Crippen molar-refractivity contribution in [1.29, 1.82) is 0 Å². The van der Waals surface area contributed by atoms with E-state index in [1.165, 1.54) is 12.1 Å². The molecule has 1 fully saturated rings. The van der Waals surface area contributed by atoms with E-state index in [2.05, 4.69) is 11.6 Å². The molecule has 0 bridgehead atoms. The maximum atomic E-state index is 12.5. The van der Waals surface area contributed by atoms with Crippen molar-refractivity contribution >= 4 is 15.9 Å². The Balaban J connectivity index is 2.17. The third-order valence-corrected chi connectivity index (χ3v) is 5.26. The lowest BCUT2D eigenvalue weighted by atomic mass is 10.2. The van der Waals surface area contributed by atoms with Crippen molar-refractivity contribution in [2.45, 2.75) is 50.5 Å². The summed E-state index contributed by atoms with van der Waals surface area (Å²) < 4.78 is 27.1. The predicted molar refractivity (Wildman–Crippen MR) is 86.3 cm³/mol. The Kier molecular flexibility index (Phi) is 5.58. The Labute approximate surface area is 132 Å². The average Bonchev–Trinajstić information content (AvgIpc) is 3.31. The molecule has 0 saturated heterocycles. The van der Waals surface area contributed by atoms with Crippen LogP contribution >= 0.6 is 0 Å². The lowest BCUT2D eigenvalue weighted by Crippen LogP contribution is -2.32. The van der Waals surface area contributed by atoms with Crippen molar-refractivity contribution in [2.24, 2.45) is 0 Å². The van der Waals surface area contributed by atoms with Gasteiger partial charge in [0, 0.05) is 24.7 Å². The van der Waals surface area contributed by atoms with Crippen LogP contribution in [0.4, 0.5) is 0 Å². The zero-order valence-corrected chi connectivity index (χ0v) is 14.0. The van der Waals surface area contributed by atoms with Crippen LogP contribution < -0.4 is 4.72 Å². The molecule has 22 heavy (non-hydrogen) atoms. The van der Waals surface area contributed by atoms with Crippen molar-refractivity contribution in [3.8, 4) is 0 Å². The number of nitrogens with zero attached hydrogens (tertiary/aromatic N) is 1. The van der Waals surface area contributed by atoms with Gasteiger partial charge in [-0.15, -0.1) is 0 Å². The molecule has 1 saturated carbocycles. The molecule has 6 heteroatoms. The average molecular weight is 324 g/mol. The van der Waals surface area contributed by atoms with E-state index in [0.717, 1.165) is 25.7 Å². The van der Waals surface area contributed by atoms with Gasteiger partial charge in [-0.25, -0.2) is 13.1 Å². The third-order valence-electron chi connectivity index (χ3n) is 3.74. The molecule has 0 heterocycles. The van der Waals surface area contributed by atoms with Gasteiger partial charge < -0.3 is 4.90 Å². The summed E-state index contributed by atoms with van der Waals surface area (Å²) in [6.07, 6.45) is 3.74. The van der Waals surface area contributed by atoms with Gasteiger partial charge in [0.2, 0.25) is 10.0 Å². The van der Waals surface area contributed by atoms with Crippen LogP contribution in [0.1, 0.15) is 49.9 Å². The van der Waals surface area contributed by atoms with Gasteiger partial charge in [0.15, 0.2) is 0 Å². The summed E-state index contributed by atoms with van der Waals surface area (Å²) >= 11 is 0. The van der Waals surface area contributed by atoms with E-state index in [1.807, 2.05) is 6.92 Å². The molecule has 1 aromatic rings. The number of rotatable bonds is 8. The van der Waals surface area contributed by atoms with Gasteiger partial charge in [-0.3, -0.25) is 4.79 Å². The van der Waals surface area contributed by atoms with Crippen LogP contribution in [0.25, 0.3) is 0 Å². The normalized spacial score (nSPS) is 14.8. The second kappa shape index (κ2) is 7.24. The van der Waals surface area contributed by atoms with Crippen molar-refractivity contribution in [2.75, 3.05) is 13.1 Å². The summed E-state index contributed by atoms with van der Waals surface area (Å²) in [6, 6.07) is 6.36. The van der Waals surface area contributed by atoms with Crippen molar-refractivity contribution < 1.29 is 13.2 Å². The number of hydrogen-bond donors (Lipinski definition) is 1. The number of carbonyl (C=O) groups excluding carboxylic acids is 1. The van der Waals surface area contributed by atoms with E-state index < -0.39 is 10.0 Å². The van der Waals surface area contributed by atoms with Gasteiger partial charge in [-0.2, -0.15) is 0 Å². The minimum absolute atomic E-state index is 0.0565. The van der Waals surface area contributed by atoms with Gasteiger partial charge >= 0.3 is 0 Å². The number of amides is 1. The van der Waals surface area contributed by atoms with Crippen LogP contribution in [0.15, 0.2) is 29.2 Å². The fourth-order valence-corrected chi connectivity index (χ4v) is 3.57. The highest BCUT2D eigenvalue weighted by Crippen LogP contribution is 2.22. The lowest BCUT2D eigenvalue weighted by Gasteiger charge is -2.21. The fraction of sp³-hybridized carbons (Fsp3) is 0.562. The Morgan fingerprint density at radius 2 is 2.05 bits per heavy atom. The Morgan fingerprint density at radius 1 is 1.32 bits per heavy atom. The highest BCUT2D eigenvalue weighted by Gasteiger charge is 2.28. The number of hydrogen-bond acceptors (Lipinski definition) is 3. The number of benzene rings is 1. The Morgan fingerprint density at radius 3 is 2.64 bits per heavy atom. The van der Waals surface area contributed by atoms with E-state index >= 15 is 0 Å². The van der Waals surface area contributed by atoms with Gasteiger partial charge in [-0.05, 0) is 44.4 Å². The number of carbonyl (C=O) groups is 1. The molecule has 122 valence electrons. The molecule has 2 rings (SSSR count). The molecule has 0 atom stereocenters. The molecule has 0 unspecified atom stereocenters. The van der Waals surface area contributed by atoms with E-state index in [1.54, 1.807) is 17.0 Å². The van der Waals surface area contributed by atoms with Gasteiger partial charge in [0.1, 0.15) is 0 Å². The first-order valence-electron chi connectivity index (χ1n) is 7.89. The number of nitrogens with one attached hydrogen (secondary N) is 1. The van der Waals surface area contributed by atoms with Crippen molar-refractivity contribution in [1.82, 2.24) is 9.62 Å². The van der Waals surface area contributed by atoms with Crippen LogP contribution in [-0.4, -0.2) is 38.4 Å². The molecular formula is C16H24N2O3S. The second-order valence-electron chi connectivity index (χ2n) is 5.66. The van der Waals surface area contributed by atoms with Crippen LogP contribution in [0.2, 0.25) is 0 Å².